The molecule has 105 heavy (non-hydrogen) atoms. The summed E-state index contributed by atoms with van der Waals surface area (Å²) in [6, 6.07) is 0. The second-order valence-corrected chi connectivity index (χ2v) is 30.1. The van der Waals surface area contributed by atoms with Crippen molar-refractivity contribution in [3.8, 4) is 0 Å². The number of phosphoric acid groups is 2. The number of ether oxygens (including phenoxy) is 3. The van der Waals surface area contributed by atoms with E-state index in [1.165, 1.54) is 96.3 Å². The SMILES string of the molecule is CC/C=C\C/C=C\C/C=C\C/C=C\C/C=C\C/C=C\CCCCCCCCCCCCCCCCCCC(=O)OCC(O)COP(=O)(O)OCC(O)COP(=O)(O)OCC(COC(=O)CCCCCCCCC/C=C\C/C=C\C/C=C\C/C=C\C/C=C\CC)OC(=O)CCCCCCC/C=C\CCCC. The van der Waals surface area contributed by atoms with Crippen molar-refractivity contribution in [2.75, 3.05) is 39.6 Å². The number of esters is 3. The van der Waals surface area contributed by atoms with Gasteiger partial charge in [-0.15, -0.1) is 0 Å². The van der Waals surface area contributed by atoms with E-state index in [9.17, 15) is 43.5 Å². The van der Waals surface area contributed by atoms with E-state index in [1.807, 2.05) is 0 Å². The number of phosphoric ester groups is 2. The van der Waals surface area contributed by atoms with Crippen LogP contribution in [0.4, 0.5) is 0 Å². The van der Waals surface area contributed by atoms with Crippen molar-refractivity contribution in [1.29, 1.82) is 0 Å². The molecule has 0 aliphatic rings. The lowest BCUT2D eigenvalue weighted by Crippen LogP contribution is -2.30. The van der Waals surface area contributed by atoms with Gasteiger partial charge in [-0.1, -0.05) is 321 Å². The Kier molecular flexibility index (Phi) is 75.6. The van der Waals surface area contributed by atoms with E-state index in [0.29, 0.717) is 19.3 Å². The molecule has 0 radical (unpaired) electrons. The molecule has 0 heterocycles. The molecule has 0 aliphatic carbocycles. The predicted molar refractivity (Wildman–Crippen MR) is 436 cm³/mol. The van der Waals surface area contributed by atoms with Crippen LogP contribution < -0.4 is 0 Å². The Morgan fingerprint density at radius 3 is 0.810 bits per heavy atom. The smallest absolute Gasteiger partial charge is 0.463 e. The molecule has 0 saturated carbocycles. The Balaban J connectivity index is 4.36. The van der Waals surface area contributed by atoms with E-state index in [4.69, 9.17) is 32.3 Å². The molecule has 0 saturated heterocycles. The van der Waals surface area contributed by atoms with Gasteiger partial charge in [0.1, 0.15) is 25.4 Å². The van der Waals surface area contributed by atoms with Gasteiger partial charge in [0.05, 0.1) is 26.4 Å². The van der Waals surface area contributed by atoms with Crippen molar-refractivity contribution < 1.29 is 75.8 Å². The highest BCUT2D eigenvalue weighted by molar-refractivity contribution is 7.47. The Bertz CT molecular complexity index is 2490. The maximum absolute atomic E-state index is 12.9. The first kappa shape index (κ1) is 100. The van der Waals surface area contributed by atoms with Crippen LogP contribution >= 0.6 is 15.6 Å². The largest absolute Gasteiger partial charge is 0.472 e. The fourth-order valence-corrected chi connectivity index (χ4v) is 12.4. The standard InChI is InChI=1S/C87H148O16P2/c1-4-7-10-13-16-19-22-24-26-28-30-32-34-35-36-37-38-39-40-41-42-43-44-45-47-49-50-52-54-56-59-61-64-67-70-73-85(90)97-76-82(88)77-99-104(93,94)100-78-83(89)79-101-105(95,96)102-81-84(103-87(92)75-72-69-66-63-58-21-18-15-12-9-6-3)80-98-86(91)74-71-68-65-62-60-57-55-53-51-48-46-33-31-29-27-25-23-20-17-14-11-8-5-2/h7-8,10-11,15-20,24-27,30-33,35-36,38-39,48,51,82-84,88-89H,4-6,9,12-14,21-23,28-29,34,37,40-47,49-50,52-81H2,1-3H3,(H,93,94)(H,95,96)/b10-7-,11-8-,18-15-,19-16-,20-17-,26-24-,27-25-,32-30-,33-31-,36-35-,39-38-,51-48-. The zero-order valence-corrected chi connectivity index (χ0v) is 67.6. The van der Waals surface area contributed by atoms with E-state index in [-0.39, 0.29) is 19.3 Å². The van der Waals surface area contributed by atoms with Crippen LogP contribution in [0.1, 0.15) is 329 Å². The van der Waals surface area contributed by atoms with Gasteiger partial charge in [-0.2, -0.15) is 0 Å². The summed E-state index contributed by atoms with van der Waals surface area (Å²) < 4.78 is 61.1. The van der Waals surface area contributed by atoms with Crippen LogP contribution in [-0.4, -0.2) is 95.9 Å². The van der Waals surface area contributed by atoms with Crippen LogP contribution in [0.25, 0.3) is 0 Å². The molecule has 4 N–H and O–H groups in total. The van der Waals surface area contributed by atoms with Crippen LogP contribution in [0, 0.1) is 0 Å². The van der Waals surface area contributed by atoms with Gasteiger partial charge in [0.25, 0.3) is 0 Å². The molecule has 0 bridgehead atoms. The first-order valence-corrected chi connectivity index (χ1v) is 44.1. The normalized spacial score (nSPS) is 14.7. The molecule has 0 spiro atoms. The fraction of sp³-hybridized carbons (Fsp3) is 0.690. The number of hydrogen-bond acceptors (Lipinski definition) is 14. The molecule has 0 aliphatic heterocycles. The Morgan fingerprint density at radius 2 is 0.505 bits per heavy atom. The summed E-state index contributed by atoms with van der Waals surface area (Å²) in [4.78, 5) is 58.6. The molecule has 0 rings (SSSR count). The third kappa shape index (κ3) is 80.3. The molecule has 0 aromatic heterocycles. The van der Waals surface area contributed by atoms with Crippen LogP contribution in [0.2, 0.25) is 0 Å². The third-order valence-corrected chi connectivity index (χ3v) is 18.9. The van der Waals surface area contributed by atoms with Gasteiger partial charge in [-0.3, -0.25) is 32.5 Å². The topological polar surface area (TPSA) is 231 Å². The van der Waals surface area contributed by atoms with E-state index in [0.717, 1.165) is 173 Å². The van der Waals surface area contributed by atoms with Crippen LogP contribution in [0.15, 0.2) is 146 Å². The third-order valence-electron chi connectivity index (χ3n) is 17.0. The molecule has 0 aromatic rings. The maximum Gasteiger partial charge on any atom is 0.472 e. The number of aliphatic hydroxyl groups is 2. The highest BCUT2D eigenvalue weighted by atomic mass is 31.2. The van der Waals surface area contributed by atoms with E-state index >= 15 is 0 Å². The number of carbonyl (C=O) groups excluding carboxylic acids is 3. The van der Waals surface area contributed by atoms with Gasteiger partial charge in [0.2, 0.25) is 0 Å². The zero-order valence-electron chi connectivity index (χ0n) is 65.9. The molecule has 16 nitrogen and oxygen atoms in total. The highest BCUT2D eigenvalue weighted by Gasteiger charge is 2.29. The second-order valence-electron chi connectivity index (χ2n) is 27.2. The van der Waals surface area contributed by atoms with Crippen molar-refractivity contribution in [1.82, 2.24) is 0 Å². The quantitative estimate of drug-likeness (QED) is 0.0146. The first-order chi connectivity index (χ1) is 51.2. The molecule has 0 fully saturated rings. The summed E-state index contributed by atoms with van der Waals surface area (Å²) in [5.41, 5.74) is 0. The first-order valence-electron chi connectivity index (χ1n) is 41.1. The lowest BCUT2D eigenvalue weighted by atomic mass is 10.0. The summed E-state index contributed by atoms with van der Waals surface area (Å²) >= 11 is 0. The van der Waals surface area contributed by atoms with Gasteiger partial charge in [0.15, 0.2) is 6.10 Å². The van der Waals surface area contributed by atoms with Crippen molar-refractivity contribution in [2.45, 2.75) is 347 Å². The van der Waals surface area contributed by atoms with E-state index < -0.39 is 91.5 Å². The Hall–Kier alpha value is -4.57. The lowest BCUT2D eigenvalue weighted by Gasteiger charge is -2.21. The van der Waals surface area contributed by atoms with Crippen molar-refractivity contribution >= 4 is 33.6 Å². The molecular weight excluding hydrogens is 1360 g/mol. The average Bonchev–Trinajstić information content (AvgIpc) is 0.918. The summed E-state index contributed by atoms with van der Waals surface area (Å²) in [6.07, 6.45) is 97.8. The molecule has 5 atom stereocenters. The van der Waals surface area contributed by atoms with Crippen molar-refractivity contribution in [3.05, 3.63) is 146 Å². The number of allylic oxidation sites excluding steroid dienone is 24. The number of unbranched alkanes of at least 4 members (excludes halogenated alkanes) is 30. The Labute approximate surface area is 638 Å². The van der Waals surface area contributed by atoms with Gasteiger partial charge < -0.3 is 34.2 Å². The van der Waals surface area contributed by atoms with Gasteiger partial charge in [-0.25, -0.2) is 9.13 Å². The number of hydrogen-bond donors (Lipinski definition) is 4. The van der Waals surface area contributed by atoms with Crippen molar-refractivity contribution in [2.24, 2.45) is 0 Å². The van der Waals surface area contributed by atoms with Gasteiger partial charge in [-0.05, 0) is 135 Å². The minimum absolute atomic E-state index is 0.0892. The number of aliphatic hydroxyl groups excluding tert-OH is 2. The maximum atomic E-state index is 12.9. The minimum Gasteiger partial charge on any atom is -0.463 e. The lowest BCUT2D eigenvalue weighted by molar-refractivity contribution is -0.161. The molecule has 602 valence electrons. The van der Waals surface area contributed by atoms with Crippen LogP contribution in [0.3, 0.4) is 0 Å². The van der Waals surface area contributed by atoms with Crippen molar-refractivity contribution in [3.63, 3.8) is 0 Å². The summed E-state index contributed by atoms with van der Waals surface area (Å²) in [6.45, 7) is 2.40. The fourth-order valence-electron chi connectivity index (χ4n) is 10.8. The minimum atomic E-state index is -4.93. The van der Waals surface area contributed by atoms with Gasteiger partial charge in [0, 0.05) is 19.3 Å². The second kappa shape index (κ2) is 79.0. The van der Waals surface area contributed by atoms with Gasteiger partial charge >= 0.3 is 33.6 Å². The van der Waals surface area contributed by atoms with E-state index in [2.05, 4.69) is 167 Å². The average molecular weight is 1510 g/mol. The zero-order chi connectivity index (χ0) is 76.6. The number of carbonyl (C=O) groups is 3. The summed E-state index contributed by atoms with van der Waals surface area (Å²) in [5.74, 6) is -1.60. The molecule has 0 amide bonds. The van der Waals surface area contributed by atoms with E-state index in [1.54, 1.807) is 0 Å². The Morgan fingerprint density at radius 1 is 0.276 bits per heavy atom. The number of rotatable bonds is 77. The molecular formula is C87H148O16P2. The summed E-state index contributed by atoms with van der Waals surface area (Å²) in [7, 11) is -9.79. The predicted octanol–water partition coefficient (Wildman–Crippen LogP) is 24.4. The molecule has 0 aromatic carbocycles. The van der Waals surface area contributed by atoms with Crippen LogP contribution in [-0.2, 0) is 55.8 Å². The van der Waals surface area contributed by atoms with Crippen LogP contribution in [0.5, 0.6) is 0 Å². The molecule has 5 unspecified atom stereocenters. The highest BCUT2D eigenvalue weighted by Crippen LogP contribution is 2.45. The molecule has 18 heteroatoms. The summed E-state index contributed by atoms with van der Waals surface area (Å²) in [5, 5.41) is 20.6. The monoisotopic (exact) mass is 1510 g/mol.